The van der Waals surface area contributed by atoms with Gasteiger partial charge >= 0.3 is 0 Å². The Morgan fingerprint density at radius 2 is 2.13 bits per heavy atom. The summed E-state index contributed by atoms with van der Waals surface area (Å²) in [5.41, 5.74) is 2.09. The Kier molecular flexibility index (Phi) is 4.27. The largest absolute Gasteiger partial charge is 0.394 e. The molecule has 3 heterocycles. The second kappa shape index (κ2) is 5.94. The van der Waals surface area contributed by atoms with Crippen LogP contribution in [0.4, 0.5) is 0 Å². The van der Waals surface area contributed by atoms with Gasteiger partial charge in [0.15, 0.2) is 19.2 Å². The molecule has 2 aromatic heterocycles. The maximum Gasteiger partial charge on any atom is 0.197 e. The van der Waals surface area contributed by atoms with Gasteiger partial charge in [-0.15, -0.1) is 0 Å². The Morgan fingerprint density at radius 3 is 2.78 bits per heavy atom. The van der Waals surface area contributed by atoms with Crippen molar-refractivity contribution >= 4 is 18.5 Å². The van der Waals surface area contributed by atoms with Crippen molar-refractivity contribution < 1.29 is 18.9 Å². The summed E-state index contributed by atoms with van der Waals surface area (Å²) in [6.45, 7) is 6.79. The highest BCUT2D eigenvalue weighted by molar-refractivity contribution is 7.57. The highest BCUT2D eigenvalue weighted by Gasteiger charge is 2.45. The predicted molar refractivity (Wildman–Crippen MR) is 84.5 cm³/mol. The number of rotatable bonds is 4. The first-order valence-electron chi connectivity index (χ1n) is 7.45. The molecule has 2 unspecified atom stereocenters. The molecule has 0 bridgehead atoms. The first-order chi connectivity index (χ1) is 10.8. The van der Waals surface area contributed by atoms with Gasteiger partial charge in [-0.1, -0.05) is 6.92 Å². The molecule has 1 aliphatic rings. The molecule has 0 amide bonds. The molecule has 126 valence electrons. The zero-order valence-electron chi connectivity index (χ0n) is 13.6. The van der Waals surface area contributed by atoms with Crippen molar-refractivity contribution in [2.75, 3.05) is 19.9 Å². The van der Waals surface area contributed by atoms with Crippen LogP contribution in [0.5, 0.6) is 0 Å². The highest BCUT2D eigenvalue weighted by Crippen LogP contribution is 2.47. The summed E-state index contributed by atoms with van der Waals surface area (Å²) in [6.07, 6.45) is 1.70. The van der Waals surface area contributed by atoms with E-state index < -0.39 is 25.8 Å². The van der Waals surface area contributed by atoms with Gasteiger partial charge in [-0.25, -0.2) is 15.0 Å². The molecular formula is C14H21N4O4P. The van der Waals surface area contributed by atoms with E-state index in [-0.39, 0.29) is 12.5 Å². The molecule has 0 aromatic carbocycles. The number of aliphatic hydroxyl groups is 1. The first-order valence-corrected chi connectivity index (χ1v) is 9.97. The third-order valence-corrected chi connectivity index (χ3v) is 4.82. The lowest BCUT2D eigenvalue weighted by Crippen LogP contribution is -2.27. The zero-order valence-corrected chi connectivity index (χ0v) is 14.5. The molecule has 0 aliphatic carbocycles. The number of aromatic nitrogens is 4. The number of aliphatic hydroxyl groups excluding tert-OH is 1. The number of hydrogen-bond donors (Lipinski definition) is 1. The maximum atomic E-state index is 12.2. The molecule has 1 fully saturated rings. The van der Waals surface area contributed by atoms with Crippen LogP contribution in [0.1, 0.15) is 18.8 Å². The van der Waals surface area contributed by atoms with Gasteiger partial charge in [0.05, 0.1) is 24.7 Å². The summed E-state index contributed by atoms with van der Waals surface area (Å²) in [7, 11) is -2.73. The van der Waals surface area contributed by atoms with Crippen LogP contribution in [0.3, 0.4) is 0 Å². The van der Waals surface area contributed by atoms with Crippen LogP contribution in [0.25, 0.3) is 11.2 Å². The minimum absolute atomic E-state index is 0.112. The lowest BCUT2D eigenvalue weighted by Gasteiger charge is -2.24. The minimum atomic E-state index is -2.73. The van der Waals surface area contributed by atoms with Crippen LogP contribution in [-0.2, 0) is 13.8 Å². The van der Waals surface area contributed by atoms with Gasteiger partial charge in [0.1, 0.15) is 17.9 Å². The third kappa shape index (κ3) is 3.04. The van der Waals surface area contributed by atoms with Gasteiger partial charge in [0.2, 0.25) is 0 Å². The smallest absolute Gasteiger partial charge is 0.197 e. The first kappa shape index (κ1) is 16.5. The third-order valence-electron chi connectivity index (χ3n) is 4.07. The molecule has 1 aliphatic heterocycles. The SMILES string of the molecule is Cc1ncnc2c1ncn2[C@@H]1O[C@H](CO)C(C)C1OP(C)(C)=O. The molecule has 1 saturated heterocycles. The van der Waals surface area contributed by atoms with E-state index in [1.54, 1.807) is 24.2 Å². The minimum Gasteiger partial charge on any atom is -0.394 e. The van der Waals surface area contributed by atoms with E-state index in [9.17, 15) is 9.67 Å². The van der Waals surface area contributed by atoms with E-state index in [4.69, 9.17) is 9.26 Å². The molecule has 0 saturated carbocycles. The van der Waals surface area contributed by atoms with E-state index in [1.165, 1.54) is 6.33 Å². The number of fused-ring (bicyclic) bond motifs is 1. The molecule has 0 radical (unpaired) electrons. The summed E-state index contributed by atoms with van der Waals surface area (Å²) >= 11 is 0. The Labute approximate surface area is 134 Å². The normalized spacial score (nSPS) is 28.6. The van der Waals surface area contributed by atoms with E-state index in [2.05, 4.69) is 15.0 Å². The summed E-state index contributed by atoms with van der Waals surface area (Å²) in [5, 5.41) is 9.53. The molecule has 8 nitrogen and oxygen atoms in total. The average molecular weight is 340 g/mol. The van der Waals surface area contributed by atoms with Crippen molar-refractivity contribution in [3.05, 3.63) is 18.3 Å². The quantitative estimate of drug-likeness (QED) is 0.844. The predicted octanol–water partition coefficient (Wildman–Crippen LogP) is 1.58. The van der Waals surface area contributed by atoms with Crippen molar-refractivity contribution in [2.24, 2.45) is 5.92 Å². The van der Waals surface area contributed by atoms with Gasteiger partial charge in [0.25, 0.3) is 0 Å². The van der Waals surface area contributed by atoms with Crippen LogP contribution >= 0.6 is 7.37 Å². The van der Waals surface area contributed by atoms with Crippen LogP contribution in [0, 0.1) is 12.8 Å². The van der Waals surface area contributed by atoms with Crippen LogP contribution in [0.15, 0.2) is 12.7 Å². The Morgan fingerprint density at radius 1 is 1.39 bits per heavy atom. The zero-order chi connectivity index (χ0) is 16.8. The Balaban J connectivity index is 2.04. The topological polar surface area (TPSA) is 99.4 Å². The van der Waals surface area contributed by atoms with E-state index in [0.717, 1.165) is 5.69 Å². The van der Waals surface area contributed by atoms with Crippen LogP contribution in [-0.4, -0.2) is 56.8 Å². The van der Waals surface area contributed by atoms with Gasteiger partial charge < -0.3 is 14.4 Å². The number of aryl methyl sites for hydroxylation is 1. The number of nitrogens with zero attached hydrogens (tertiary/aromatic N) is 4. The van der Waals surface area contributed by atoms with Gasteiger partial charge in [-0.05, 0) is 6.92 Å². The second-order valence-corrected chi connectivity index (χ2v) is 8.93. The van der Waals surface area contributed by atoms with Crippen molar-refractivity contribution in [1.29, 1.82) is 0 Å². The molecule has 1 N–H and O–H groups in total. The number of imidazole rings is 1. The lowest BCUT2D eigenvalue weighted by atomic mass is 10.0. The summed E-state index contributed by atoms with van der Waals surface area (Å²) in [4.78, 5) is 12.7. The fourth-order valence-electron chi connectivity index (χ4n) is 2.88. The highest BCUT2D eigenvalue weighted by atomic mass is 31.2. The summed E-state index contributed by atoms with van der Waals surface area (Å²) in [5.74, 6) is -0.112. The number of ether oxygens (including phenoxy) is 1. The summed E-state index contributed by atoms with van der Waals surface area (Å²) < 4.78 is 25.6. The van der Waals surface area contributed by atoms with E-state index in [0.29, 0.717) is 11.2 Å². The van der Waals surface area contributed by atoms with E-state index in [1.807, 2.05) is 13.8 Å². The maximum absolute atomic E-state index is 12.2. The van der Waals surface area contributed by atoms with Crippen LogP contribution < -0.4 is 0 Å². The van der Waals surface area contributed by atoms with Gasteiger partial charge in [-0.2, -0.15) is 0 Å². The van der Waals surface area contributed by atoms with Gasteiger partial charge in [0, 0.05) is 19.2 Å². The Bertz CT molecular complexity index is 758. The molecule has 23 heavy (non-hydrogen) atoms. The van der Waals surface area contributed by atoms with Gasteiger partial charge in [-0.3, -0.25) is 9.13 Å². The molecule has 9 heteroatoms. The van der Waals surface area contributed by atoms with E-state index >= 15 is 0 Å². The summed E-state index contributed by atoms with van der Waals surface area (Å²) in [6, 6.07) is 0. The molecule has 2 aromatic rings. The average Bonchev–Trinajstić information content (AvgIpc) is 3.01. The molecule has 3 rings (SSSR count). The lowest BCUT2D eigenvalue weighted by molar-refractivity contribution is -0.0443. The second-order valence-electron chi connectivity index (χ2n) is 6.21. The fraction of sp³-hybridized carbons (Fsp3) is 0.643. The van der Waals surface area contributed by atoms with Crippen LogP contribution in [0.2, 0.25) is 0 Å². The number of hydrogen-bond acceptors (Lipinski definition) is 7. The fourth-order valence-corrected chi connectivity index (χ4v) is 3.76. The molecular weight excluding hydrogens is 319 g/mol. The van der Waals surface area contributed by atoms with Crippen molar-refractivity contribution in [1.82, 2.24) is 19.5 Å². The van der Waals surface area contributed by atoms with Crippen molar-refractivity contribution in [3.63, 3.8) is 0 Å². The van der Waals surface area contributed by atoms with Crippen molar-refractivity contribution in [3.8, 4) is 0 Å². The monoisotopic (exact) mass is 340 g/mol. The van der Waals surface area contributed by atoms with Crippen molar-refractivity contribution in [2.45, 2.75) is 32.3 Å². The standard InChI is InChI=1S/C14H21N4O4P/c1-8-10(5-19)21-14(12(8)22-23(3,4)20)18-7-17-11-9(2)15-6-16-13(11)18/h6-8,10,12,14,19H,5H2,1-4H3/t8?,10-,12?,14-/m1/s1. The molecule has 0 spiro atoms. The molecule has 4 atom stereocenters. The Hall–Kier alpha value is -1.34.